The summed E-state index contributed by atoms with van der Waals surface area (Å²) in [5.74, 6) is 2.12. The van der Waals surface area contributed by atoms with Crippen LogP contribution in [0.2, 0.25) is 0 Å². The van der Waals surface area contributed by atoms with Crippen molar-refractivity contribution in [3.8, 4) is 40.1 Å². The molecule has 1 N–H and O–H groups in total. The van der Waals surface area contributed by atoms with Crippen LogP contribution in [-0.4, -0.2) is 37.4 Å². The van der Waals surface area contributed by atoms with Gasteiger partial charge in [0.15, 0.2) is 11.5 Å². The number of hydrogen-bond acceptors (Lipinski definition) is 7. The molecule has 0 spiro atoms. The van der Waals surface area contributed by atoms with Crippen molar-refractivity contribution in [3.63, 3.8) is 0 Å². The summed E-state index contributed by atoms with van der Waals surface area (Å²) in [5, 5.41) is 6.94. The molecule has 0 unspecified atom stereocenters. The number of rotatable bonds is 7. The molecule has 0 atom stereocenters. The van der Waals surface area contributed by atoms with Crippen molar-refractivity contribution in [1.82, 2.24) is 10.1 Å². The summed E-state index contributed by atoms with van der Waals surface area (Å²) in [6.45, 7) is 0. The van der Waals surface area contributed by atoms with Crippen molar-refractivity contribution in [2.24, 2.45) is 0 Å². The number of ether oxygens (including phenoxy) is 3. The number of methoxy groups -OCH3 is 3. The van der Waals surface area contributed by atoms with Gasteiger partial charge in [0.2, 0.25) is 5.82 Å². The van der Waals surface area contributed by atoms with E-state index in [2.05, 4.69) is 15.5 Å². The average molecular weight is 431 g/mol. The van der Waals surface area contributed by atoms with E-state index in [9.17, 15) is 4.79 Å². The summed E-state index contributed by atoms with van der Waals surface area (Å²) in [5.41, 5.74) is 2.42. The summed E-state index contributed by atoms with van der Waals surface area (Å²) >= 11 is 0. The molecule has 1 amide bonds. The highest BCUT2D eigenvalue weighted by atomic mass is 16.5. The summed E-state index contributed by atoms with van der Waals surface area (Å²) < 4.78 is 21.3. The Bertz CT molecular complexity index is 1250. The van der Waals surface area contributed by atoms with Crippen molar-refractivity contribution in [2.75, 3.05) is 26.6 Å². The van der Waals surface area contributed by atoms with Crippen molar-refractivity contribution in [2.45, 2.75) is 0 Å². The number of anilines is 1. The number of aromatic nitrogens is 2. The Hall–Kier alpha value is -4.33. The molecule has 0 saturated carbocycles. The third-order valence-electron chi connectivity index (χ3n) is 4.79. The Morgan fingerprint density at radius 2 is 1.59 bits per heavy atom. The minimum atomic E-state index is -0.281. The van der Waals surface area contributed by atoms with Gasteiger partial charge in [-0.2, -0.15) is 4.98 Å². The number of benzene rings is 3. The minimum absolute atomic E-state index is 0.281. The first-order valence-electron chi connectivity index (χ1n) is 9.74. The van der Waals surface area contributed by atoms with Crippen LogP contribution >= 0.6 is 0 Å². The van der Waals surface area contributed by atoms with Crippen LogP contribution in [-0.2, 0) is 0 Å². The highest BCUT2D eigenvalue weighted by Crippen LogP contribution is 2.32. The highest BCUT2D eigenvalue weighted by Gasteiger charge is 2.15. The van der Waals surface area contributed by atoms with E-state index in [1.54, 1.807) is 62.8 Å². The lowest BCUT2D eigenvalue weighted by atomic mass is 10.1. The number of para-hydroxylation sites is 1. The van der Waals surface area contributed by atoms with Crippen molar-refractivity contribution in [3.05, 3.63) is 72.3 Å². The molecule has 4 rings (SSSR count). The molecule has 4 aromatic rings. The predicted molar refractivity (Wildman–Crippen MR) is 119 cm³/mol. The summed E-state index contributed by atoms with van der Waals surface area (Å²) in [7, 11) is 4.66. The average Bonchev–Trinajstić information content (AvgIpc) is 3.34. The van der Waals surface area contributed by atoms with E-state index in [4.69, 9.17) is 18.7 Å². The first-order chi connectivity index (χ1) is 15.6. The number of nitrogens with zero attached hydrogens (tertiary/aromatic N) is 2. The SMILES string of the molecule is COc1ccc(-c2noc(-c3cccc(NC(=O)c4ccccc4OC)c3)n2)cc1OC. The Morgan fingerprint density at radius 3 is 2.38 bits per heavy atom. The van der Waals surface area contributed by atoms with E-state index in [1.165, 1.54) is 7.11 Å². The highest BCUT2D eigenvalue weighted by molar-refractivity contribution is 6.06. The van der Waals surface area contributed by atoms with E-state index < -0.39 is 0 Å². The summed E-state index contributed by atoms with van der Waals surface area (Å²) in [6.07, 6.45) is 0. The smallest absolute Gasteiger partial charge is 0.259 e. The Kier molecular flexibility index (Phi) is 6.03. The normalized spacial score (nSPS) is 10.5. The lowest BCUT2D eigenvalue weighted by Crippen LogP contribution is -2.13. The molecule has 162 valence electrons. The molecular formula is C24H21N3O5. The van der Waals surface area contributed by atoms with Gasteiger partial charge >= 0.3 is 0 Å². The molecule has 3 aromatic carbocycles. The van der Waals surface area contributed by atoms with Gasteiger partial charge in [-0.1, -0.05) is 23.4 Å². The topological polar surface area (TPSA) is 95.7 Å². The van der Waals surface area contributed by atoms with Crippen molar-refractivity contribution >= 4 is 11.6 Å². The second-order valence-electron chi connectivity index (χ2n) is 6.73. The van der Waals surface area contributed by atoms with Crippen LogP contribution in [0.25, 0.3) is 22.8 Å². The lowest BCUT2D eigenvalue weighted by Gasteiger charge is -2.09. The van der Waals surface area contributed by atoms with E-state index in [-0.39, 0.29) is 5.91 Å². The molecule has 32 heavy (non-hydrogen) atoms. The zero-order chi connectivity index (χ0) is 22.5. The lowest BCUT2D eigenvalue weighted by molar-refractivity contribution is 0.102. The van der Waals surface area contributed by atoms with Gasteiger partial charge in [-0.25, -0.2) is 0 Å². The van der Waals surface area contributed by atoms with E-state index in [1.807, 2.05) is 18.2 Å². The molecule has 0 aliphatic carbocycles. The van der Waals surface area contributed by atoms with Crippen molar-refractivity contribution < 1.29 is 23.5 Å². The molecule has 0 aliphatic heterocycles. The van der Waals surface area contributed by atoms with E-state index >= 15 is 0 Å². The third-order valence-corrected chi connectivity index (χ3v) is 4.79. The van der Waals surface area contributed by atoms with Gasteiger partial charge in [0.05, 0.1) is 26.9 Å². The van der Waals surface area contributed by atoms with Gasteiger partial charge in [0.25, 0.3) is 11.8 Å². The van der Waals surface area contributed by atoms with Crippen LogP contribution in [0.1, 0.15) is 10.4 Å². The van der Waals surface area contributed by atoms with Gasteiger partial charge in [0, 0.05) is 16.8 Å². The Balaban J connectivity index is 1.57. The van der Waals surface area contributed by atoms with Gasteiger partial charge in [-0.3, -0.25) is 4.79 Å². The maximum Gasteiger partial charge on any atom is 0.259 e. The van der Waals surface area contributed by atoms with E-state index in [0.717, 1.165) is 5.56 Å². The molecule has 0 fully saturated rings. The first-order valence-corrected chi connectivity index (χ1v) is 9.74. The number of hydrogen-bond donors (Lipinski definition) is 1. The second-order valence-corrected chi connectivity index (χ2v) is 6.73. The monoisotopic (exact) mass is 431 g/mol. The van der Waals surface area contributed by atoms with E-state index in [0.29, 0.717) is 45.8 Å². The minimum Gasteiger partial charge on any atom is -0.496 e. The zero-order valence-electron chi connectivity index (χ0n) is 17.8. The van der Waals surface area contributed by atoms with Gasteiger partial charge in [-0.05, 0) is 48.5 Å². The quantitative estimate of drug-likeness (QED) is 0.454. The largest absolute Gasteiger partial charge is 0.496 e. The van der Waals surface area contributed by atoms with Crippen LogP contribution in [0.3, 0.4) is 0 Å². The number of nitrogens with one attached hydrogen (secondary N) is 1. The number of carbonyl (C=O) groups excluding carboxylic acids is 1. The fraction of sp³-hybridized carbons (Fsp3) is 0.125. The van der Waals surface area contributed by atoms with Crippen LogP contribution in [0.5, 0.6) is 17.2 Å². The fourth-order valence-electron chi connectivity index (χ4n) is 3.19. The molecule has 0 saturated heterocycles. The maximum atomic E-state index is 12.7. The van der Waals surface area contributed by atoms with Crippen LogP contribution in [0.15, 0.2) is 71.3 Å². The molecular weight excluding hydrogens is 410 g/mol. The summed E-state index contributed by atoms with van der Waals surface area (Å²) in [4.78, 5) is 17.2. The standard InChI is InChI=1S/C24H21N3O5/c1-29-19-10-5-4-9-18(19)23(28)25-17-8-6-7-16(13-17)24-26-22(27-32-24)15-11-12-20(30-2)21(14-15)31-3/h4-14H,1-3H3,(H,25,28). The predicted octanol–water partition coefficient (Wildman–Crippen LogP) is 4.68. The Labute approximate surface area is 184 Å². The van der Waals surface area contributed by atoms with Gasteiger partial charge < -0.3 is 24.1 Å². The van der Waals surface area contributed by atoms with Crippen LogP contribution in [0.4, 0.5) is 5.69 Å². The molecule has 1 heterocycles. The second kappa shape index (κ2) is 9.22. The molecule has 0 aliphatic rings. The molecule has 1 aromatic heterocycles. The first kappa shape index (κ1) is 20.9. The van der Waals surface area contributed by atoms with Crippen LogP contribution < -0.4 is 19.5 Å². The number of amides is 1. The van der Waals surface area contributed by atoms with Crippen LogP contribution in [0, 0.1) is 0 Å². The van der Waals surface area contributed by atoms with Crippen molar-refractivity contribution in [1.29, 1.82) is 0 Å². The third kappa shape index (κ3) is 4.24. The fourth-order valence-corrected chi connectivity index (χ4v) is 3.19. The van der Waals surface area contributed by atoms with Gasteiger partial charge in [0.1, 0.15) is 5.75 Å². The molecule has 8 heteroatoms. The molecule has 8 nitrogen and oxygen atoms in total. The maximum absolute atomic E-state index is 12.7. The molecule has 0 radical (unpaired) electrons. The Morgan fingerprint density at radius 1 is 0.812 bits per heavy atom. The number of carbonyl (C=O) groups is 1. The molecule has 0 bridgehead atoms. The van der Waals surface area contributed by atoms with Gasteiger partial charge in [-0.15, -0.1) is 0 Å². The summed E-state index contributed by atoms with van der Waals surface area (Å²) in [6, 6.07) is 19.6. The zero-order valence-corrected chi connectivity index (χ0v) is 17.8.